The number of nitrogens with one attached hydrogen (secondary N) is 1. The Balaban J connectivity index is 1.74. The van der Waals surface area contributed by atoms with Crippen molar-refractivity contribution in [1.82, 2.24) is 0 Å². The minimum absolute atomic E-state index is 0.269. The maximum Gasteiger partial charge on any atom is 0.0590 e. The Hall–Kier alpha value is -1.74. The second kappa shape index (κ2) is 4.18. The molecule has 0 spiro atoms. The minimum Gasteiger partial charge on any atom is -0.321 e. The summed E-state index contributed by atoms with van der Waals surface area (Å²) in [5.74, 6) is 0.435. The molecule has 3 heteroatoms. The van der Waals surface area contributed by atoms with Crippen molar-refractivity contribution in [2.45, 2.75) is 24.8 Å². The Bertz CT molecular complexity index is 534. The van der Waals surface area contributed by atoms with E-state index in [2.05, 4.69) is 11.1 Å². The molecule has 2 aliphatic carbocycles. The van der Waals surface area contributed by atoms with Gasteiger partial charge in [-0.2, -0.15) is 0 Å². The van der Waals surface area contributed by atoms with E-state index in [0.717, 1.165) is 24.8 Å². The van der Waals surface area contributed by atoms with Crippen molar-refractivity contribution in [3.05, 3.63) is 47.7 Å². The minimum atomic E-state index is -0.269. The number of hydrogen-bond acceptors (Lipinski definition) is 3. The van der Waals surface area contributed by atoms with Gasteiger partial charge in [-0.3, -0.25) is 4.99 Å². The first-order valence-corrected chi connectivity index (χ1v) is 6.36. The third kappa shape index (κ3) is 1.91. The fraction of sp³-hybridized carbons (Fsp3) is 0.333. The fourth-order valence-electron chi connectivity index (χ4n) is 2.56. The van der Waals surface area contributed by atoms with Crippen molar-refractivity contribution in [1.29, 1.82) is 5.41 Å². The summed E-state index contributed by atoms with van der Waals surface area (Å²) in [5, 5.41) is 8.15. The second-order valence-corrected chi connectivity index (χ2v) is 5.14. The summed E-state index contributed by atoms with van der Waals surface area (Å²) in [4.78, 5) is 4.13. The topological polar surface area (TPSA) is 62.2 Å². The van der Waals surface area contributed by atoms with Crippen molar-refractivity contribution in [2.75, 3.05) is 0 Å². The highest BCUT2D eigenvalue weighted by Crippen LogP contribution is 2.49. The van der Waals surface area contributed by atoms with E-state index in [4.69, 9.17) is 11.1 Å². The average molecular weight is 239 g/mol. The van der Waals surface area contributed by atoms with Crippen molar-refractivity contribution in [3.63, 3.8) is 0 Å². The molecule has 3 N–H and O–H groups in total. The molecule has 1 aliphatic heterocycles. The molecule has 1 saturated carbocycles. The van der Waals surface area contributed by atoms with Gasteiger partial charge in [0.15, 0.2) is 0 Å². The van der Waals surface area contributed by atoms with Crippen molar-refractivity contribution < 1.29 is 0 Å². The van der Waals surface area contributed by atoms with Crippen LogP contribution in [0.1, 0.15) is 19.3 Å². The molecule has 18 heavy (non-hydrogen) atoms. The lowest BCUT2D eigenvalue weighted by atomic mass is 9.94. The molecule has 92 valence electrons. The molecule has 2 unspecified atom stereocenters. The summed E-state index contributed by atoms with van der Waals surface area (Å²) in [6.07, 6.45) is 16.7. The van der Waals surface area contributed by atoms with Crippen LogP contribution >= 0.6 is 0 Å². The van der Waals surface area contributed by atoms with E-state index < -0.39 is 0 Å². The largest absolute Gasteiger partial charge is 0.321 e. The Morgan fingerprint density at radius 2 is 2.44 bits per heavy atom. The van der Waals surface area contributed by atoms with Crippen LogP contribution in [0.2, 0.25) is 0 Å². The van der Waals surface area contributed by atoms with Gasteiger partial charge in [0, 0.05) is 18.3 Å². The second-order valence-electron chi connectivity index (χ2n) is 5.14. The first-order valence-electron chi connectivity index (χ1n) is 6.36. The molecule has 0 saturated heterocycles. The lowest BCUT2D eigenvalue weighted by Gasteiger charge is -2.17. The Morgan fingerprint density at radius 1 is 1.56 bits per heavy atom. The van der Waals surface area contributed by atoms with E-state index in [0.29, 0.717) is 11.6 Å². The molecule has 0 aromatic carbocycles. The molecule has 0 amide bonds. The number of allylic oxidation sites excluding steroid dienone is 5. The molecule has 3 nitrogen and oxygen atoms in total. The molecule has 1 fully saturated rings. The molecule has 3 aliphatic rings. The van der Waals surface area contributed by atoms with E-state index in [1.807, 2.05) is 36.7 Å². The lowest BCUT2D eigenvalue weighted by molar-refractivity contribution is 0.766. The maximum atomic E-state index is 8.15. The molecule has 3 rings (SSSR count). The van der Waals surface area contributed by atoms with Gasteiger partial charge in [0.1, 0.15) is 0 Å². The fourth-order valence-corrected chi connectivity index (χ4v) is 2.56. The summed E-state index contributed by atoms with van der Waals surface area (Å²) in [5.41, 5.74) is 8.67. The van der Waals surface area contributed by atoms with Gasteiger partial charge in [-0.15, -0.1) is 0 Å². The van der Waals surface area contributed by atoms with Gasteiger partial charge >= 0.3 is 0 Å². The SMILES string of the molecule is N=C(/C=C/C1=CN=CCC1)C1=CC=CC2CC12N. The zero-order chi connectivity index (χ0) is 12.6. The van der Waals surface area contributed by atoms with Gasteiger partial charge in [0.25, 0.3) is 0 Å². The van der Waals surface area contributed by atoms with Crippen LogP contribution in [-0.4, -0.2) is 17.5 Å². The van der Waals surface area contributed by atoms with Crippen LogP contribution in [0.3, 0.4) is 0 Å². The van der Waals surface area contributed by atoms with Crippen LogP contribution in [0.5, 0.6) is 0 Å². The quantitative estimate of drug-likeness (QED) is 0.730. The zero-order valence-electron chi connectivity index (χ0n) is 10.3. The van der Waals surface area contributed by atoms with Crippen LogP contribution in [0, 0.1) is 11.3 Å². The highest BCUT2D eigenvalue weighted by atomic mass is 14.9. The van der Waals surface area contributed by atoms with Crippen LogP contribution < -0.4 is 5.73 Å². The normalized spacial score (nSPS) is 33.1. The van der Waals surface area contributed by atoms with E-state index in [1.165, 1.54) is 5.57 Å². The number of aliphatic imine (C=N–C) groups is 1. The van der Waals surface area contributed by atoms with Gasteiger partial charge in [-0.1, -0.05) is 24.3 Å². The zero-order valence-corrected chi connectivity index (χ0v) is 10.3. The molecule has 0 aromatic heterocycles. The van der Waals surface area contributed by atoms with Gasteiger partial charge in [-0.25, -0.2) is 0 Å². The summed E-state index contributed by atoms with van der Waals surface area (Å²) in [6.45, 7) is 0. The number of nitrogens with zero attached hydrogens (tertiary/aromatic N) is 1. The summed E-state index contributed by atoms with van der Waals surface area (Å²) in [6, 6.07) is 0. The summed E-state index contributed by atoms with van der Waals surface area (Å²) in [7, 11) is 0. The standard InChI is InChI=1S/C15H17N3/c16-14(7-6-11-3-2-8-18-10-11)13-5-1-4-12-9-15(12,13)17/h1,4-8,10,12,16H,2-3,9,17H2/b7-6+,16-14?. The number of hydrogen-bond donors (Lipinski definition) is 2. The Labute approximate surface area is 107 Å². The molecule has 0 aromatic rings. The van der Waals surface area contributed by atoms with E-state index in [-0.39, 0.29) is 5.54 Å². The lowest BCUT2D eigenvalue weighted by Crippen LogP contribution is -2.31. The maximum absolute atomic E-state index is 8.15. The first-order chi connectivity index (χ1) is 8.70. The molecular weight excluding hydrogens is 222 g/mol. The highest BCUT2D eigenvalue weighted by molar-refractivity contribution is 6.09. The van der Waals surface area contributed by atoms with Gasteiger partial charge in [-0.05, 0) is 36.5 Å². The number of rotatable bonds is 3. The highest BCUT2D eigenvalue weighted by Gasteiger charge is 2.53. The molecule has 0 bridgehead atoms. The van der Waals surface area contributed by atoms with Gasteiger partial charge < -0.3 is 11.1 Å². The van der Waals surface area contributed by atoms with Crippen molar-refractivity contribution in [3.8, 4) is 0 Å². The van der Waals surface area contributed by atoms with Crippen molar-refractivity contribution in [2.24, 2.45) is 16.6 Å². The molecule has 0 radical (unpaired) electrons. The molecule has 1 heterocycles. The van der Waals surface area contributed by atoms with Gasteiger partial charge in [0.05, 0.1) is 11.3 Å². The number of fused-ring (bicyclic) bond motifs is 1. The van der Waals surface area contributed by atoms with E-state index in [1.54, 1.807) is 0 Å². The first kappa shape index (κ1) is 11.4. The van der Waals surface area contributed by atoms with E-state index >= 15 is 0 Å². The van der Waals surface area contributed by atoms with Crippen molar-refractivity contribution >= 4 is 11.9 Å². The predicted octanol–water partition coefficient (Wildman–Crippen LogP) is 2.52. The summed E-state index contributed by atoms with van der Waals surface area (Å²) >= 11 is 0. The Kier molecular flexibility index (Phi) is 2.63. The van der Waals surface area contributed by atoms with Crippen LogP contribution in [0.15, 0.2) is 52.7 Å². The Morgan fingerprint density at radius 3 is 3.22 bits per heavy atom. The van der Waals surface area contributed by atoms with Gasteiger partial charge in [0.2, 0.25) is 0 Å². The van der Waals surface area contributed by atoms with Crippen LogP contribution in [0.4, 0.5) is 0 Å². The monoisotopic (exact) mass is 239 g/mol. The predicted molar refractivity (Wildman–Crippen MR) is 74.9 cm³/mol. The smallest absolute Gasteiger partial charge is 0.0590 e. The van der Waals surface area contributed by atoms with E-state index in [9.17, 15) is 0 Å². The molecule has 2 atom stereocenters. The molecular formula is C15H17N3. The van der Waals surface area contributed by atoms with Crippen LogP contribution in [-0.2, 0) is 0 Å². The van der Waals surface area contributed by atoms with Crippen LogP contribution in [0.25, 0.3) is 0 Å². The number of nitrogens with two attached hydrogens (primary N) is 1. The average Bonchev–Trinajstić information content (AvgIpc) is 3.08. The summed E-state index contributed by atoms with van der Waals surface area (Å²) < 4.78 is 0. The third-order valence-corrected chi connectivity index (χ3v) is 3.83. The third-order valence-electron chi connectivity index (χ3n) is 3.83.